The fraction of sp³-hybridized carbons (Fsp3) is 0.286. The molecule has 0 saturated heterocycles. The summed E-state index contributed by atoms with van der Waals surface area (Å²) < 4.78 is 5.86. The number of para-hydroxylation sites is 2. The molecule has 140 valence electrons. The SMILES string of the molecule is CCN(Cc1ccccc1)c1nncc(Nc2ccccc2OC(C)C)n1. The maximum absolute atomic E-state index is 5.86. The molecule has 0 atom stereocenters. The zero-order valence-corrected chi connectivity index (χ0v) is 16.0. The first-order valence-corrected chi connectivity index (χ1v) is 9.17. The highest BCUT2D eigenvalue weighted by Crippen LogP contribution is 2.27. The summed E-state index contributed by atoms with van der Waals surface area (Å²) in [7, 11) is 0. The number of anilines is 3. The second kappa shape index (κ2) is 8.98. The highest BCUT2D eigenvalue weighted by atomic mass is 16.5. The van der Waals surface area contributed by atoms with Gasteiger partial charge < -0.3 is 15.0 Å². The van der Waals surface area contributed by atoms with Gasteiger partial charge in [0.25, 0.3) is 0 Å². The van der Waals surface area contributed by atoms with Crippen molar-refractivity contribution < 1.29 is 4.74 Å². The first-order chi connectivity index (χ1) is 13.2. The van der Waals surface area contributed by atoms with E-state index in [0.717, 1.165) is 24.5 Å². The van der Waals surface area contributed by atoms with Gasteiger partial charge in [0.15, 0.2) is 5.82 Å². The third kappa shape index (κ3) is 5.17. The monoisotopic (exact) mass is 363 g/mol. The molecule has 27 heavy (non-hydrogen) atoms. The van der Waals surface area contributed by atoms with Crippen LogP contribution in [0.3, 0.4) is 0 Å². The standard InChI is InChI=1S/C21H25N5O/c1-4-26(15-17-10-6-5-7-11-17)21-24-20(14-22-25-21)23-18-12-8-9-13-19(18)27-16(2)3/h5-14,16H,4,15H2,1-3H3,(H,23,24,25). The number of hydrogen-bond donors (Lipinski definition) is 1. The predicted octanol–water partition coefficient (Wildman–Crippen LogP) is 4.43. The van der Waals surface area contributed by atoms with E-state index in [2.05, 4.69) is 44.5 Å². The Morgan fingerprint density at radius 2 is 1.78 bits per heavy atom. The topological polar surface area (TPSA) is 63.2 Å². The summed E-state index contributed by atoms with van der Waals surface area (Å²) in [6.07, 6.45) is 1.71. The third-order valence-electron chi connectivity index (χ3n) is 3.94. The Hall–Kier alpha value is -3.15. The molecule has 0 bridgehead atoms. The maximum Gasteiger partial charge on any atom is 0.247 e. The molecule has 0 amide bonds. The van der Waals surface area contributed by atoms with Gasteiger partial charge in [-0.05, 0) is 38.5 Å². The number of ether oxygens (including phenoxy) is 1. The van der Waals surface area contributed by atoms with Crippen molar-refractivity contribution >= 4 is 17.5 Å². The van der Waals surface area contributed by atoms with Gasteiger partial charge in [-0.15, -0.1) is 5.10 Å². The van der Waals surface area contributed by atoms with Crippen LogP contribution in [-0.2, 0) is 6.54 Å². The normalized spacial score (nSPS) is 10.7. The minimum Gasteiger partial charge on any atom is -0.489 e. The van der Waals surface area contributed by atoms with Crippen molar-refractivity contribution in [3.63, 3.8) is 0 Å². The number of hydrogen-bond acceptors (Lipinski definition) is 6. The van der Waals surface area contributed by atoms with Crippen LogP contribution in [0.2, 0.25) is 0 Å². The van der Waals surface area contributed by atoms with Crippen LogP contribution in [0.5, 0.6) is 5.75 Å². The molecular formula is C21H25N5O. The molecule has 1 heterocycles. The molecule has 0 radical (unpaired) electrons. The van der Waals surface area contributed by atoms with E-state index >= 15 is 0 Å². The Labute approximate surface area is 160 Å². The van der Waals surface area contributed by atoms with Crippen LogP contribution in [0.25, 0.3) is 0 Å². The molecule has 0 unspecified atom stereocenters. The van der Waals surface area contributed by atoms with Gasteiger partial charge in [-0.1, -0.05) is 42.5 Å². The van der Waals surface area contributed by atoms with Gasteiger partial charge >= 0.3 is 0 Å². The number of rotatable bonds is 8. The van der Waals surface area contributed by atoms with Gasteiger partial charge in [-0.3, -0.25) is 0 Å². The largest absolute Gasteiger partial charge is 0.489 e. The van der Waals surface area contributed by atoms with Gasteiger partial charge in [0.05, 0.1) is 18.0 Å². The predicted molar refractivity (Wildman–Crippen MR) is 108 cm³/mol. The summed E-state index contributed by atoms with van der Waals surface area (Å²) in [4.78, 5) is 6.73. The van der Waals surface area contributed by atoms with Crippen molar-refractivity contribution in [2.75, 3.05) is 16.8 Å². The number of aromatic nitrogens is 3. The Bertz CT molecular complexity index is 854. The van der Waals surface area contributed by atoms with Gasteiger partial charge in [-0.25, -0.2) is 0 Å². The lowest BCUT2D eigenvalue weighted by molar-refractivity contribution is 0.244. The van der Waals surface area contributed by atoms with E-state index in [1.807, 2.05) is 56.3 Å². The van der Waals surface area contributed by atoms with Gasteiger partial charge in [0, 0.05) is 13.1 Å². The zero-order chi connectivity index (χ0) is 19.1. The van der Waals surface area contributed by atoms with Crippen molar-refractivity contribution in [2.24, 2.45) is 0 Å². The van der Waals surface area contributed by atoms with Crippen molar-refractivity contribution in [1.29, 1.82) is 0 Å². The lowest BCUT2D eigenvalue weighted by Gasteiger charge is -2.21. The Morgan fingerprint density at radius 1 is 1.04 bits per heavy atom. The smallest absolute Gasteiger partial charge is 0.247 e. The highest BCUT2D eigenvalue weighted by molar-refractivity contribution is 5.64. The van der Waals surface area contributed by atoms with Crippen LogP contribution in [0.1, 0.15) is 26.3 Å². The first kappa shape index (κ1) is 18.6. The fourth-order valence-corrected chi connectivity index (χ4v) is 2.68. The van der Waals surface area contributed by atoms with Crippen molar-refractivity contribution in [2.45, 2.75) is 33.4 Å². The van der Waals surface area contributed by atoms with Crippen LogP contribution in [-0.4, -0.2) is 27.8 Å². The molecule has 0 spiro atoms. The van der Waals surface area contributed by atoms with Gasteiger partial charge in [0.1, 0.15) is 5.75 Å². The molecule has 6 heteroatoms. The van der Waals surface area contributed by atoms with E-state index in [-0.39, 0.29) is 6.10 Å². The van der Waals surface area contributed by atoms with E-state index in [4.69, 9.17) is 4.74 Å². The second-order valence-corrected chi connectivity index (χ2v) is 6.43. The Kier molecular flexibility index (Phi) is 6.20. The molecule has 2 aromatic carbocycles. The lowest BCUT2D eigenvalue weighted by atomic mass is 10.2. The third-order valence-corrected chi connectivity index (χ3v) is 3.94. The van der Waals surface area contributed by atoms with Crippen LogP contribution < -0.4 is 15.0 Å². The van der Waals surface area contributed by atoms with Crippen molar-refractivity contribution in [3.8, 4) is 5.75 Å². The van der Waals surface area contributed by atoms with E-state index < -0.39 is 0 Å². The molecule has 0 aliphatic carbocycles. The van der Waals surface area contributed by atoms with E-state index in [1.165, 1.54) is 5.56 Å². The maximum atomic E-state index is 5.86. The first-order valence-electron chi connectivity index (χ1n) is 9.17. The van der Waals surface area contributed by atoms with Crippen LogP contribution >= 0.6 is 0 Å². The average molecular weight is 363 g/mol. The minimum absolute atomic E-state index is 0.0912. The molecule has 0 aliphatic rings. The molecule has 1 N–H and O–H groups in total. The van der Waals surface area contributed by atoms with Crippen molar-refractivity contribution in [1.82, 2.24) is 15.2 Å². The number of nitrogens with one attached hydrogen (secondary N) is 1. The number of benzene rings is 2. The summed E-state index contributed by atoms with van der Waals surface area (Å²) in [6.45, 7) is 7.61. The van der Waals surface area contributed by atoms with Crippen LogP contribution in [0.15, 0.2) is 60.8 Å². The van der Waals surface area contributed by atoms with E-state index in [0.29, 0.717) is 11.8 Å². The number of nitrogens with zero attached hydrogens (tertiary/aromatic N) is 4. The fourth-order valence-electron chi connectivity index (χ4n) is 2.68. The Balaban J connectivity index is 1.79. The van der Waals surface area contributed by atoms with Crippen LogP contribution in [0, 0.1) is 0 Å². The average Bonchev–Trinajstić information content (AvgIpc) is 2.68. The summed E-state index contributed by atoms with van der Waals surface area (Å²) in [5, 5.41) is 11.6. The molecule has 1 aromatic heterocycles. The molecule has 0 fully saturated rings. The van der Waals surface area contributed by atoms with E-state index in [9.17, 15) is 0 Å². The quantitative estimate of drug-likeness (QED) is 0.639. The molecule has 3 rings (SSSR count). The Morgan fingerprint density at radius 3 is 2.52 bits per heavy atom. The summed E-state index contributed by atoms with van der Waals surface area (Å²) in [5.41, 5.74) is 2.06. The summed E-state index contributed by atoms with van der Waals surface area (Å²) >= 11 is 0. The molecule has 3 aromatic rings. The van der Waals surface area contributed by atoms with E-state index in [1.54, 1.807) is 6.20 Å². The summed E-state index contributed by atoms with van der Waals surface area (Å²) in [5.74, 6) is 2.00. The zero-order valence-electron chi connectivity index (χ0n) is 16.0. The molecule has 6 nitrogen and oxygen atoms in total. The highest BCUT2D eigenvalue weighted by Gasteiger charge is 2.12. The lowest BCUT2D eigenvalue weighted by Crippen LogP contribution is -2.24. The van der Waals surface area contributed by atoms with Gasteiger partial charge in [0.2, 0.25) is 5.95 Å². The van der Waals surface area contributed by atoms with Crippen molar-refractivity contribution in [3.05, 3.63) is 66.4 Å². The molecule has 0 aliphatic heterocycles. The molecular weight excluding hydrogens is 338 g/mol. The minimum atomic E-state index is 0.0912. The van der Waals surface area contributed by atoms with Crippen LogP contribution in [0.4, 0.5) is 17.5 Å². The van der Waals surface area contributed by atoms with Gasteiger partial charge in [-0.2, -0.15) is 10.1 Å². The molecule has 0 saturated carbocycles. The summed E-state index contributed by atoms with van der Waals surface area (Å²) in [6, 6.07) is 18.1. The second-order valence-electron chi connectivity index (χ2n) is 6.43.